The molecule has 0 heterocycles. The lowest BCUT2D eigenvalue weighted by Crippen LogP contribution is -2.20. The minimum atomic E-state index is -0.478. The summed E-state index contributed by atoms with van der Waals surface area (Å²) in [6.45, 7) is 0. The lowest BCUT2D eigenvalue weighted by atomic mass is 9.83. The predicted molar refractivity (Wildman–Crippen MR) is 71.0 cm³/mol. The molecule has 1 aliphatic carbocycles. The van der Waals surface area contributed by atoms with Gasteiger partial charge in [-0.2, -0.15) is 0 Å². The maximum atomic E-state index is 11.2. The summed E-state index contributed by atoms with van der Waals surface area (Å²) in [5, 5.41) is 9.47. The highest BCUT2D eigenvalue weighted by Crippen LogP contribution is 2.28. The molecule has 1 saturated carbocycles. The molecule has 18 heavy (non-hydrogen) atoms. The zero-order valence-electron chi connectivity index (χ0n) is 10.4. The van der Waals surface area contributed by atoms with Gasteiger partial charge in [-0.25, -0.2) is 0 Å². The highest BCUT2D eigenvalue weighted by Gasteiger charge is 2.20. The van der Waals surface area contributed by atoms with Crippen LogP contribution in [-0.4, -0.2) is 17.1 Å². The first-order chi connectivity index (χ1) is 8.56. The maximum Gasteiger partial charge on any atom is 0.250 e. The third-order valence-electron chi connectivity index (χ3n) is 3.72. The molecule has 1 aliphatic rings. The highest BCUT2D eigenvalue weighted by atomic mass is 16.3. The standard InChI is InChI=1S/C14H20N2O2/c15-13-6-3-10(8-12(13)14(16)18)7-9-1-4-11(17)5-2-9/h3,6,8-9,11,17H,1-2,4-5,7,15H2,(H2,16,18). The molecule has 0 aromatic heterocycles. The van der Waals surface area contributed by atoms with Gasteiger partial charge in [-0.15, -0.1) is 0 Å². The number of anilines is 1. The summed E-state index contributed by atoms with van der Waals surface area (Å²) >= 11 is 0. The summed E-state index contributed by atoms with van der Waals surface area (Å²) in [5.41, 5.74) is 12.9. The van der Waals surface area contributed by atoms with Gasteiger partial charge in [0.15, 0.2) is 0 Å². The molecule has 0 aliphatic heterocycles. The number of hydrogen-bond donors (Lipinski definition) is 3. The average molecular weight is 248 g/mol. The van der Waals surface area contributed by atoms with Crippen molar-refractivity contribution in [2.45, 2.75) is 38.2 Å². The van der Waals surface area contributed by atoms with Crippen LogP contribution < -0.4 is 11.5 Å². The van der Waals surface area contributed by atoms with Crippen LogP contribution in [0.1, 0.15) is 41.6 Å². The number of amides is 1. The van der Waals surface area contributed by atoms with E-state index in [1.165, 1.54) is 0 Å². The van der Waals surface area contributed by atoms with Crippen molar-refractivity contribution in [2.24, 2.45) is 11.7 Å². The van der Waals surface area contributed by atoms with E-state index in [9.17, 15) is 9.90 Å². The number of nitrogen functional groups attached to an aromatic ring is 1. The summed E-state index contributed by atoms with van der Waals surface area (Å²) < 4.78 is 0. The molecule has 0 bridgehead atoms. The van der Waals surface area contributed by atoms with Crippen LogP contribution >= 0.6 is 0 Å². The molecular formula is C14H20N2O2. The first-order valence-electron chi connectivity index (χ1n) is 6.42. The zero-order valence-corrected chi connectivity index (χ0v) is 10.4. The highest BCUT2D eigenvalue weighted by molar-refractivity contribution is 5.98. The number of aliphatic hydroxyl groups excluding tert-OH is 1. The van der Waals surface area contributed by atoms with E-state index in [0.29, 0.717) is 17.2 Å². The van der Waals surface area contributed by atoms with E-state index in [1.54, 1.807) is 12.1 Å². The fourth-order valence-corrected chi connectivity index (χ4v) is 2.63. The molecule has 0 unspecified atom stereocenters. The van der Waals surface area contributed by atoms with Gasteiger partial charge >= 0.3 is 0 Å². The van der Waals surface area contributed by atoms with Crippen LogP contribution in [-0.2, 0) is 6.42 Å². The summed E-state index contributed by atoms with van der Waals surface area (Å²) in [6, 6.07) is 5.49. The summed E-state index contributed by atoms with van der Waals surface area (Å²) in [7, 11) is 0. The Kier molecular flexibility index (Phi) is 3.87. The second kappa shape index (κ2) is 5.40. The van der Waals surface area contributed by atoms with E-state index in [2.05, 4.69) is 0 Å². The summed E-state index contributed by atoms with van der Waals surface area (Å²) in [5.74, 6) is 0.103. The van der Waals surface area contributed by atoms with E-state index in [0.717, 1.165) is 37.7 Å². The molecule has 0 saturated heterocycles. The second-order valence-corrected chi connectivity index (χ2v) is 5.16. The van der Waals surface area contributed by atoms with Gasteiger partial charge < -0.3 is 16.6 Å². The van der Waals surface area contributed by atoms with Crippen LogP contribution in [0.25, 0.3) is 0 Å². The molecular weight excluding hydrogens is 228 g/mol. The number of carbonyl (C=O) groups excluding carboxylic acids is 1. The molecule has 1 amide bonds. The maximum absolute atomic E-state index is 11.2. The Balaban J connectivity index is 2.05. The number of benzene rings is 1. The van der Waals surface area contributed by atoms with Crippen molar-refractivity contribution < 1.29 is 9.90 Å². The van der Waals surface area contributed by atoms with E-state index in [-0.39, 0.29) is 6.10 Å². The number of primary amides is 1. The topological polar surface area (TPSA) is 89.3 Å². The predicted octanol–water partition coefficient (Wildman–Crippen LogP) is 1.46. The van der Waals surface area contributed by atoms with E-state index in [4.69, 9.17) is 11.5 Å². The lowest BCUT2D eigenvalue weighted by molar-refractivity contribution is 0.100. The smallest absolute Gasteiger partial charge is 0.250 e. The van der Waals surface area contributed by atoms with Crippen LogP contribution in [0.4, 0.5) is 5.69 Å². The van der Waals surface area contributed by atoms with Crippen molar-refractivity contribution in [3.05, 3.63) is 29.3 Å². The number of rotatable bonds is 3. The monoisotopic (exact) mass is 248 g/mol. The minimum absolute atomic E-state index is 0.131. The first kappa shape index (κ1) is 12.9. The average Bonchev–Trinajstić information content (AvgIpc) is 2.34. The number of hydrogen-bond acceptors (Lipinski definition) is 3. The van der Waals surface area contributed by atoms with Crippen molar-refractivity contribution in [2.75, 3.05) is 5.73 Å². The first-order valence-corrected chi connectivity index (χ1v) is 6.42. The van der Waals surface area contributed by atoms with Crippen LogP contribution in [0.15, 0.2) is 18.2 Å². The van der Waals surface area contributed by atoms with Crippen LogP contribution in [0, 0.1) is 5.92 Å². The van der Waals surface area contributed by atoms with Gasteiger partial charge in [0.2, 0.25) is 0 Å². The Labute approximate surface area is 107 Å². The minimum Gasteiger partial charge on any atom is -0.398 e. The molecule has 4 nitrogen and oxygen atoms in total. The van der Waals surface area contributed by atoms with Crippen molar-refractivity contribution in [1.82, 2.24) is 0 Å². The second-order valence-electron chi connectivity index (χ2n) is 5.16. The molecule has 1 aromatic carbocycles. The van der Waals surface area contributed by atoms with Crippen molar-refractivity contribution >= 4 is 11.6 Å². The largest absolute Gasteiger partial charge is 0.398 e. The number of aliphatic hydroxyl groups is 1. The fourth-order valence-electron chi connectivity index (χ4n) is 2.63. The Morgan fingerprint density at radius 2 is 1.94 bits per heavy atom. The van der Waals surface area contributed by atoms with Gasteiger partial charge in [-0.1, -0.05) is 6.07 Å². The van der Waals surface area contributed by atoms with Gasteiger partial charge in [-0.3, -0.25) is 4.79 Å². The van der Waals surface area contributed by atoms with Crippen molar-refractivity contribution in [3.63, 3.8) is 0 Å². The molecule has 98 valence electrons. The van der Waals surface area contributed by atoms with Crippen LogP contribution in [0.5, 0.6) is 0 Å². The van der Waals surface area contributed by atoms with Gasteiger partial charge in [0.25, 0.3) is 5.91 Å². The van der Waals surface area contributed by atoms with Gasteiger partial charge in [0.1, 0.15) is 0 Å². The van der Waals surface area contributed by atoms with E-state index in [1.807, 2.05) is 6.07 Å². The third kappa shape index (κ3) is 3.01. The van der Waals surface area contributed by atoms with Crippen molar-refractivity contribution in [3.8, 4) is 0 Å². The van der Waals surface area contributed by atoms with Gasteiger partial charge in [-0.05, 0) is 55.7 Å². The van der Waals surface area contributed by atoms with E-state index < -0.39 is 5.91 Å². The van der Waals surface area contributed by atoms with E-state index >= 15 is 0 Å². The Hall–Kier alpha value is -1.55. The van der Waals surface area contributed by atoms with Crippen LogP contribution in [0.3, 0.4) is 0 Å². The SMILES string of the molecule is NC(=O)c1cc(CC2CCC(O)CC2)ccc1N. The molecule has 1 fully saturated rings. The lowest BCUT2D eigenvalue weighted by Gasteiger charge is -2.25. The molecule has 2 rings (SSSR count). The number of carbonyl (C=O) groups is 1. The molecule has 0 atom stereocenters. The molecule has 5 N–H and O–H groups in total. The Morgan fingerprint density at radius 3 is 2.56 bits per heavy atom. The molecule has 0 spiro atoms. The third-order valence-corrected chi connectivity index (χ3v) is 3.72. The van der Waals surface area contributed by atoms with Crippen molar-refractivity contribution in [1.29, 1.82) is 0 Å². The van der Waals surface area contributed by atoms with Gasteiger partial charge in [0, 0.05) is 5.69 Å². The fraction of sp³-hybridized carbons (Fsp3) is 0.500. The Bertz CT molecular complexity index is 437. The summed E-state index contributed by atoms with van der Waals surface area (Å²) in [4.78, 5) is 11.2. The molecule has 0 radical (unpaired) electrons. The zero-order chi connectivity index (χ0) is 13.1. The molecule has 1 aromatic rings. The van der Waals surface area contributed by atoms with Gasteiger partial charge in [0.05, 0.1) is 11.7 Å². The normalized spacial score (nSPS) is 23.8. The van der Waals surface area contributed by atoms with Crippen LogP contribution in [0.2, 0.25) is 0 Å². The molecule has 4 heteroatoms. The Morgan fingerprint density at radius 1 is 1.28 bits per heavy atom. The number of nitrogens with two attached hydrogens (primary N) is 2. The quantitative estimate of drug-likeness (QED) is 0.707. The summed E-state index contributed by atoms with van der Waals surface area (Å²) in [6.07, 6.45) is 4.63.